The Balaban J connectivity index is 2.09. The van der Waals surface area contributed by atoms with Crippen LogP contribution < -0.4 is 5.32 Å². The van der Waals surface area contributed by atoms with Crippen LogP contribution in [0.25, 0.3) is 0 Å². The maximum atomic E-state index is 5.37. The number of hydrogen-bond acceptors (Lipinski definition) is 4. The fourth-order valence-corrected chi connectivity index (χ4v) is 3.23. The number of oxazole rings is 1. The average Bonchev–Trinajstić information content (AvgIpc) is 2.83. The van der Waals surface area contributed by atoms with Gasteiger partial charge in [0.25, 0.3) is 5.22 Å². The summed E-state index contributed by atoms with van der Waals surface area (Å²) in [6.45, 7) is 7.31. The highest BCUT2D eigenvalue weighted by Crippen LogP contribution is 2.34. The van der Waals surface area contributed by atoms with Crippen LogP contribution in [-0.2, 0) is 0 Å². The predicted octanol–water partition coefficient (Wildman–Crippen LogP) is 4.96. The van der Waals surface area contributed by atoms with Crippen LogP contribution >= 0.6 is 27.7 Å². The van der Waals surface area contributed by atoms with Crippen molar-refractivity contribution < 1.29 is 4.42 Å². The molecule has 1 atom stereocenters. The molecular weight excluding hydrogens is 336 g/mol. The van der Waals surface area contributed by atoms with Crippen molar-refractivity contribution in [1.82, 2.24) is 10.3 Å². The molecule has 0 amide bonds. The first kappa shape index (κ1) is 15.6. The molecule has 1 aromatic carbocycles. The molecule has 0 aliphatic rings. The Labute approximate surface area is 132 Å². The third kappa shape index (κ3) is 4.11. The topological polar surface area (TPSA) is 38.1 Å². The summed E-state index contributed by atoms with van der Waals surface area (Å²) in [7, 11) is 0. The van der Waals surface area contributed by atoms with E-state index in [1.165, 1.54) is 17.3 Å². The molecule has 1 unspecified atom stereocenters. The molecule has 5 heteroatoms. The van der Waals surface area contributed by atoms with Gasteiger partial charge in [-0.05, 0) is 72.2 Å². The van der Waals surface area contributed by atoms with Crippen molar-refractivity contribution in [3.05, 3.63) is 40.2 Å². The minimum atomic E-state index is 0.356. The highest BCUT2D eigenvalue weighted by molar-refractivity contribution is 9.10. The summed E-state index contributed by atoms with van der Waals surface area (Å²) in [4.78, 5) is 5.42. The molecule has 0 fully saturated rings. The number of aryl methyl sites for hydroxylation is 1. The number of rotatable bonds is 6. The van der Waals surface area contributed by atoms with Gasteiger partial charge in [0.2, 0.25) is 0 Å². The molecule has 108 valence electrons. The molecule has 0 saturated heterocycles. The van der Waals surface area contributed by atoms with Crippen LogP contribution in [0.1, 0.15) is 37.6 Å². The standard InChI is InChI=1S/C15H19BrN2OS/c1-4-7-17-11(3)12-5-6-14(13(16)8-12)20-15-18-10(2)9-19-15/h5-6,8-9,11,17H,4,7H2,1-3H3. The van der Waals surface area contributed by atoms with Crippen molar-refractivity contribution in [3.8, 4) is 0 Å². The normalized spacial score (nSPS) is 12.6. The molecule has 1 N–H and O–H groups in total. The second-order valence-corrected chi connectivity index (χ2v) is 6.57. The van der Waals surface area contributed by atoms with Gasteiger partial charge in [-0.15, -0.1) is 0 Å². The van der Waals surface area contributed by atoms with E-state index >= 15 is 0 Å². The lowest BCUT2D eigenvalue weighted by molar-refractivity contribution is 0.454. The molecule has 1 aromatic heterocycles. The summed E-state index contributed by atoms with van der Waals surface area (Å²) in [5, 5.41) is 4.16. The van der Waals surface area contributed by atoms with Gasteiger partial charge < -0.3 is 9.73 Å². The molecule has 2 rings (SSSR count). The zero-order valence-corrected chi connectivity index (χ0v) is 14.3. The lowest BCUT2D eigenvalue weighted by Crippen LogP contribution is -2.19. The summed E-state index contributed by atoms with van der Waals surface area (Å²) in [5.74, 6) is 0. The van der Waals surface area contributed by atoms with Crippen LogP contribution in [0.4, 0.5) is 0 Å². The lowest BCUT2D eigenvalue weighted by Gasteiger charge is -2.14. The summed E-state index contributed by atoms with van der Waals surface area (Å²) >= 11 is 5.16. The van der Waals surface area contributed by atoms with Gasteiger partial charge in [0.05, 0.1) is 5.69 Å². The Morgan fingerprint density at radius 3 is 2.85 bits per heavy atom. The SMILES string of the molecule is CCCNC(C)c1ccc(Sc2nc(C)co2)c(Br)c1. The Hall–Kier alpha value is -0.780. The number of benzene rings is 1. The average molecular weight is 355 g/mol. The van der Waals surface area contributed by atoms with Gasteiger partial charge in [0.15, 0.2) is 0 Å². The van der Waals surface area contributed by atoms with Crippen LogP contribution in [0.5, 0.6) is 0 Å². The van der Waals surface area contributed by atoms with Gasteiger partial charge in [-0.2, -0.15) is 0 Å². The maximum Gasteiger partial charge on any atom is 0.260 e. The zero-order valence-electron chi connectivity index (χ0n) is 11.9. The number of hydrogen-bond donors (Lipinski definition) is 1. The van der Waals surface area contributed by atoms with Crippen molar-refractivity contribution in [2.75, 3.05) is 6.54 Å². The summed E-state index contributed by atoms with van der Waals surface area (Å²) in [6, 6.07) is 6.77. The van der Waals surface area contributed by atoms with E-state index in [-0.39, 0.29) is 0 Å². The van der Waals surface area contributed by atoms with Crippen LogP contribution in [0.2, 0.25) is 0 Å². The second kappa shape index (κ2) is 7.29. The monoisotopic (exact) mass is 354 g/mol. The van der Waals surface area contributed by atoms with E-state index in [0.717, 1.165) is 28.0 Å². The van der Waals surface area contributed by atoms with Gasteiger partial charge in [-0.3, -0.25) is 0 Å². The fourth-order valence-electron chi connectivity index (χ4n) is 1.82. The van der Waals surface area contributed by atoms with Crippen molar-refractivity contribution in [3.63, 3.8) is 0 Å². The van der Waals surface area contributed by atoms with E-state index in [4.69, 9.17) is 4.42 Å². The van der Waals surface area contributed by atoms with E-state index in [2.05, 4.69) is 58.3 Å². The lowest BCUT2D eigenvalue weighted by atomic mass is 10.1. The maximum absolute atomic E-state index is 5.37. The Morgan fingerprint density at radius 1 is 1.45 bits per heavy atom. The largest absolute Gasteiger partial charge is 0.439 e. The first-order valence-electron chi connectivity index (χ1n) is 6.73. The molecule has 0 bridgehead atoms. The van der Waals surface area contributed by atoms with Gasteiger partial charge in [0, 0.05) is 15.4 Å². The number of nitrogens with zero attached hydrogens (tertiary/aromatic N) is 1. The van der Waals surface area contributed by atoms with Gasteiger partial charge in [-0.1, -0.05) is 13.0 Å². The molecule has 0 saturated carbocycles. The van der Waals surface area contributed by atoms with Gasteiger partial charge in [0.1, 0.15) is 6.26 Å². The zero-order chi connectivity index (χ0) is 14.5. The minimum Gasteiger partial charge on any atom is -0.439 e. The predicted molar refractivity (Wildman–Crippen MR) is 86.2 cm³/mol. The molecule has 2 aromatic rings. The van der Waals surface area contributed by atoms with Crippen LogP contribution in [0.3, 0.4) is 0 Å². The third-order valence-corrected chi connectivity index (χ3v) is 4.81. The molecule has 0 radical (unpaired) electrons. The van der Waals surface area contributed by atoms with Crippen LogP contribution in [-0.4, -0.2) is 11.5 Å². The van der Waals surface area contributed by atoms with E-state index in [1.54, 1.807) is 6.26 Å². The molecule has 0 aliphatic carbocycles. The third-order valence-electron chi connectivity index (χ3n) is 2.95. The van der Waals surface area contributed by atoms with Crippen molar-refractivity contribution >= 4 is 27.7 Å². The molecule has 0 spiro atoms. The molecule has 20 heavy (non-hydrogen) atoms. The Bertz CT molecular complexity index is 571. The summed E-state index contributed by atoms with van der Waals surface area (Å²) in [6.07, 6.45) is 2.81. The first-order chi connectivity index (χ1) is 9.60. The molecule has 3 nitrogen and oxygen atoms in total. The first-order valence-corrected chi connectivity index (χ1v) is 8.34. The van der Waals surface area contributed by atoms with Crippen molar-refractivity contribution in [1.29, 1.82) is 0 Å². The minimum absolute atomic E-state index is 0.356. The second-order valence-electron chi connectivity index (χ2n) is 4.72. The number of aromatic nitrogens is 1. The van der Waals surface area contributed by atoms with E-state index in [9.17, 15) is 0 Å². The number of nitrogens with one attached hydrogen (secondary N) is 1. The molecule has 0 aliphatic heterocycles. The van der Waals surface area contributed by atoms with E-state index < -0.39 is 0 Å². The van der Waals surface area contributed by atoms with E-state index in [0.29, 0.717) is 11.3 Å². The fraction of sp³-hybridized carbons (Fsp3) is 0.400. The Kier molecular flexibility index (Phi) is 5.69. The molecular formula is C15H19BrN2OS. The van der Waals surface area contributed by atoms with E-state index in [1.807, 2.05) is 6.92 Å². The highest BCUT2D eigenvalue weighted by Gasteiger charge is 2.10. The highest BCUT2D eigenvalue weighted by atomic mass is 79.9. The van der Waals surface area contributed by atoms with Gasteiger partial charge in [-0.25, -0.2) is 4.98 Å². The quantitative estimate of drug-likeness (QED) is 0.795. The Morgan fingerprint density at radius 2 is 2.25 bits per heavy atom. The smallest absolute Gasteiger partial charge is 0.260 e. The summed E-state index contributed by atoms with van der Waals surface area (Å²) < 4.78 is 6.44. The van der Waals surface area contributed by atoms with Crippen molar-refractivity contribution in [2.24, 2.45) is 0 Å². The number of halogens is 1. The summed E-state index contributed by atoms with van der Waals surface area (Å²) in [5.41, 5.74) is 2.18. The van der Waals surface area contributed by atoms with Crippen LogP contribution in [0.15, 0.2) is 43.5 Å². The molecule has 1 heterocycles. The van der Waals surface area contributed by atoms with Crippen LogP contribution in [0, 0.1) is 6.92 Å². The van der Waals surface area contributed by atoms with Crippen molar-refractivity contribution in [2.45, 2.75) is 43.4 Å². The van der Waals surface area contributed by atoms with Gasteiger partial charge >= 0.3 is 0 Å².